The fraction of sp³-hybridized carbons (Fsp3) is 0.200. The van der Waals surface area contributed by atoms with Crippen LogP contribution in [0.5, 0.6) is 5.75 Å². The number of ether oxygens (including phenoxy) is 1. The predicted octanol–water partition coefficient (Wildman–Crippen LogP) is 4.51. The Bertz CT molecular complexity index is 659. The molecule has 2 rings (SSSR count). The SMILES string of the molecule is Cc1cc(C)c(OCc2c(F)ccc(Br)c2F)cc1N. The van der Waals surface area contributed by atoms with Crippen LogP contribution in [0.1, 0.15) is 16.7 Å². The van der Waals surface area contributed by atoms with Gasteiger partial charge in [-0.1, -0.05) is 6.07 Å². The van der Waals surface area contributed by atoms with Crippen molar-refractivity contribution in [3.05, 3.63) is 57.1 Å². The first-order chi connectivity index (χ1) is 9.40. The number of nitrogens with two attached hydrogens (primary N) is 1. The Morgan fingerprint density at radius 3 is 2.55 bits per heavy atom. The van der Waals surface area contributed by atoms with Gasteiger partial charge < -0.3 is 10.5 Å². The van der Waals surface area contributed by atoms with Crippen LogP contribution in [0.15, 0.2) is 28.7 Å². The number of anilines is 1. The van der Waals surface area contributed by atoms with Gasteiger partial charge in [0.25, 0.3) is 0 Å². The van der Waals surface area contributed by atoms with E-state index < -0.39 is 11.6 Å². The van der Waals surface area contributed by atoms with Crippen LogP contribution in [-0.2, 0) is 6.61 Å². The molecule has 5 heteroatoms. The summed E-state index contributed by atoms with van der Waals surface area (Å²) in [4.78, 5) is 0. The number of hydrogen-bond acceptors (Lipinski definition) is 2. The molecular formula is C15H14BrF2NO. The van der Waals surface area contributed by atoms with Crippen LogP contribution >= 0.6 is 15.9 Å². The minimum absolute atomic E-state index is 0.113. The number of rotatable bonds is 3. The summed E-state index contributed by atoms with van der Waals surface area (Å²) in [6.45, 7) is 3.55. The van der Waals surface area contributed by atoms with Crippen molar-refractivity contribution < 1.29 is 13.5 Å². The van der Waals surface area contributed by atoms with Crippen LogP contribution < -0.4 is 10.5 Å². The van der Waals surface area contributed by atoms with Crippen molar-refractivity contribution in [3.8, 4) is 5.75 Å². The molecule has 106 valence electrons. The molecule has 2 nitrogen and oxygen atoms in total. The second-order valence-corrected chi connectivity index (χ2v) is 5.44. The van der Waals surface area contributed by atoms with Gasteiger partial charge in [0.05, 0.1) is 10.0 Å². The highest BCUT2D eigenvalue weighted by atomic mass is 79.9. The van der Waals surface area contributed by atoms with Gasteiger partial charge in [0.1, 0.15) is 24.0 Å². The van der Waals surface area contributed by atoms with Gasteiger partial charge in [-0.25, -0.2) is 8.78 Å². The summed E-state index contributed by atoms with van der Waals surface area (Å²) >= 11 is 3.02. The van der Waals surface area contributed by atoms with Gasteiger partial charge in [-0.05, 0) is 53.0 Å². The highest BCUT2D eigenvalue weighted by Crippen LogP contribution is 2.27. The molecule has 0 heterocycles. The van der Waals surface area contributed by atoms with Gasteiger partial charge in [0.15, 0.2) is 0 Å². The van der Waals surface area contributed by atoms with Crippen molar-refractivity contribution in [1.82, 2.24) is 0 Å². The van der Waals surface area contributed by atoms with Crippen LogP contribution in [0.4, 0.5) is 14.5 Å². The molecule has 0 unspecified atom stereocenters. The van der Waals surface area contributed by atoms with E-state index in [1.54, 1.807) is 6.07 Å². The fourth-order valence-electron chi connectivity index (χ4n) is 1.85. The third-order valence-electron chi connectivity index (χ3n) is 3.07. The van der Waals surface area contributed by atoms with Crippen molar-refractivity contribution in [3.63, 3.8) is 0 Å². The third-order valence-corrected chi connectivity index (χ3v) is 3.69. The van der Waals surface area contributed by atoms with E-state index in [-0.39, 0.29) is 16.6 Å². The predicted molar refractivity (Wildman–Crippen MR) is 78.7 cm³/mol. The first-order valence-corrected chi connectivity index (χ1v) is 6.81. The van der Waals surface area contributed by atoms with Gasteiger partial charge in [-0.2, -0.15) is 0 Å². The highest BCUT2D eigenvalue weighted by molar-refractivity contribution is 9.10. The summed E-state index contributed by atoms with van der Waals surface area (Å²) in [5.41, 5.74) is 8.09. The van der Waals surface area contributed by atoms with Crippen LogP contribution in [0.2, 0.25) is 0 Å². The molecule has 2 N–H and O–H groups in total. The Hall–Kier alpha value is -1.62. The average Bonchev–Trinajstić information content (AvgIpc) is 2.40. The van der Waals surface area contributed by atoms with E-state index in [0.717, 1.165) is 11.1 Å². The van der Waals surface area contributed by atoms with E-state index in [4.69, 9.17) is 10.5 Å². The molecule has 0 radical (unpaired) electrons. The minimum Gasteiger partial charge on any atom is -0.488 e. The summed E-state index contributed by atoms with van der Waals surface area (Å²) in [6.07, 6.45) is 0. The lowest BCUT2D eigenvalue weighted by molar-refractivity contribution is 0.290. The summed E-state index contributed by atoms with van der Waals surface area (Å²) in [5, 5.41) is 0. The van der Waals surface area contributed by atoms with Crippen LogP contribution in [0.3, 0.4) is 0 Å². The largest absolute Gasteiger partial charge is 0.488 e. The number of hydrogen-bond donors (Lipinski definition) is 1. The molecular weight excluding hydrogens is 328 g/mol. The van der Waals surface area contributed by atoms with E-state index in [1.807, 2.05) is 19.9 Å². The van der Waals surface area contributed by atoms with Gasteiger partial charge in [-0.15, -0.1) is 0 Å². The summed E-state index contributed by atoms with van der Waals surface area (Å²) < 4.78 is 33.1. The van der Waals surface area contributed by atoms with E-state index >= 15 is 0 Å². The fourth-order valence-corrected chi connectivity index (χ4v) is 2.23. The molecule has 0 aliphatic rings. The topological polar surface area (TPSA) is 35.2 Å². The second-order valence-electron chi connectivity index (χ2n) is 4.58. The molecule has 0 amide bonds. The molecule has 2 aromatic carbocycles. The molecule has 20 heavy (non-hydrogen) atoms. The Kier molecular flexibility index (Phi) is 4.28. The number of halogens is 3. The molecule has 0 aliphatic carbocycles. The Balaban J connectivity index is 2.26. The molecule has 0 fully saturated rings. The Labute approximate surface area is 124 Å². The van der Waals surface area contributed by atoms with Gasteiger partial charge in [0.2, 0.25) is 0 Å². The van der Waals surface area contributed by atoms with Crippen LogP contribution in [0.25, 0.3) is 0 Å². The third kappa shape index (κ3) is 2.93. The van der Waals surface area contributed by atoms with Crippen molar-refractivity contribution in [1.29, 1.82) is 0 Å². The minimum atomic E-state index is -0.650. The summed E-state index contributed by atoms with van der Waals surface area (Å²) in [6, 6.07) is 6.06. The van der Waals surface area contributed by atoms with E-state index in [9.17, 15) is 8.78 Å². The maximum atomic E-state index is 13.8. The Morgan fingerprint density at radius 2 is 1.85 bits per heavy atom. The average molecular weight is 342 g/mol. The maximum absolute atomic E-state index is 13.8. The molecule has 2 aromatic rings. The lowest BCUT2D eigenvalue weighted by Crippen LogP contribution is -2.04. The Morgan fingerprint density at radius 1 is 1.15 bits per heavy atom. The monoisotopic (exact) mass is 341 g/mol. The molecule has 0 aromatic heterocycles. The molecule has 0 atom stereocenters. The number of benzene rings is 2. The van der Waals surface area contributed by atoms with E-state index in [0.29, 0.717) is 11.4 Å². The zero-order chi connectivity index (χ0) is 14.9. The number of nitrogen functional groups attached to an aromatic ring is 1. The van der Waals surface area contributed by atoms with Gasteiger partial charge >= 0.3 is 0 Å². The molecule has 0 aliphatic heterocycles. The lowest BCUT2D eigenvalue weighted by atomic mass is 10.1. The smallest absolute Gasteiger partial charge is 0.146 e. The van der Waals surface area contributed by atoms with Crippen LogP contribution in [0, 0.1) is 25.5 Å². The van der Waals surface area contributed by atoms with E-state index in [1.165, 1.54) is 12.1 Å². The zero-order valence-corrected chi connectivity index (χ0v) is 12.7. The van der Waals surface area contributed by atoms with Crippen molar-refractivity contribution >= 4 is 21.6 Å². The standard InChI is InChI=1S/C15H14BrF2NO/c1-8-5-9(2)14(6-13(8)19)20-7-10-12(17)4-3-11(16)15(10)18/h3-6H,7,19H2,1-2H3. The number of aryl methyl sites for hydroxylation is 2. The molecule has 0 saturated carbocycles. The zero-order valence-electron chi connectivity index (χ0n) is 11.1. The van der Waals surface area contributed by atoms with Gasteiger partial charge in [0, 0.05) is 11.8 Å². The molecule has 0 saturated heterocycles. The molecule has 0 spiro atoms. The lowest BCUT2D eigenvalue weighted by Gasteiger charge is -2.13. The van der Waals surface area contributed by atoms with E-state index in [2.05, 4.69) is 15.9 Å². The van der Waals surface area contributed by atoms with Crippen LogP contribution in [-0.4, -0.2) is 0 Å². The first kappa shape index (κ1) is 14.8. The second kappa shape index (κ2) is 5.79. The highest BCUT2D eigenvalue weighted by Gasteiger charge is 2.13. The first-order valence-electron chi connectivity index (χ1n) is 6.02. The molecule has 0 bridgehead atoms. The van der Waals surface area contributed by atoms with Gasteiger partial charge in [-0.3, -0.25) is 0 Å². The summed E-state index contributed by atoms with van der Waals surface area (Å²) in [7, 11) is 0. The van der Waals surface area contributed by atoms with Crippen molar-refractivity contribution in [2.45, 2.75) is 20.5 Å². The normalized spacial score (nSPS) is 10.7. The maximum Gasteiger partial charge on any atom is 0.146 e. The van der Waals surface area contributed by atoms with Crippen molar-refractivity contribution in [2.24, 2.45) is 0 Å². The quantitative estimate of drug-likeness (QED) is 0.658. The van der Waals surface area contributed by atoms with Crippen molar-refractivity contribution in [2.75, 3.05) is 5.73 Å². The summed E-state index contributed by atoms with van der Waals surface area (Å²) in [5.74, 6) is -0.766.